The number of anilines is 1. The third kappa shape index (κ3) is 4.18. The number of hydrogen-bond acceptors (Lipinski definition) is 4. The molecule has 0 spiro atoms. The fraction of sp³-hybridized carbons (Fsp3) is 0.600. The number of nitrogens with two attached hydrogens (primary N) is 1. The lowest BCUT2D eigenvalue weighted by Crippen LogP contribution is -2.42. The predicted octanol–water partition coefficient (Wildman–Crippen LogP) is 2.40. The molecular weight excluding hydrogens is 288 g/mol. The average molecular weight is 314 g/mol. The lowest BCUT2D eigenvalue weighted by atomic mass is 10.2. The number of ether oxygens (including phenoxy) is 1. The van der Waals surface area contributed by atoms with Crippen molar-refractivity contribution in [1.82, 2.24) is 4.31 Å². The number of hydrogen-bond donors (Lipinski definition) is 1. The molecule has 0 unspecified atom stereocenters. The second-order valence-electron chi connectivity index (χ2n) is 5.12. The molecule has 0 heterocycles. The topological polar surface area (TPSA) is 72.6 Å². The van der Waals surface area contributed by atoms with Gasteiger partial charge < -0.3 is 10.5 Å². The molecule has 0 amide bonds. The van der Waals surface area contributed by atoms with E-state index in [4.69, 9.17) is 10.5 Å². The predicted molar refractivity (Wildman–Crippen MR) is 85.7 cm³/mol. The van der Waals surface area contributed by atoms with E-state index in [0.29, 0.717) is 18.8 Å². The minimum atomic E-state index is -3.62. The summed E-state index contributed by atoms with van der Waals surface area (Å²) in [4.78, 5) is 0.177. The van der Waals surface area contributed by atoms with Crippen LogP contribution < -0.4 is 5.73 Å². The van der Waals surface area contributed by atoms with Crippen molar-refractivity contribution in [2.24, 2.45) is 0 Å². The third-order valence-electron chi connectivity index (χ3n) is 3.62. The molecule has 0 saturated carbocycles. The Bertz CT molecular complexity index is 554. The largest absolute Gasteiger partial charge is 0.398 e. The molecule has 0 saturated heterocycles. The highest BCUT2D eigenvalue weighted by Gasteiger charge is 2.30. The Morgan fingerprint density at radius 1 is 1.29 bits per heavy atom. The number of aryl methyl sites for hydroxylation is 1. The average Bonchev–Trinajstić information content (AvgIpc) is 2.42. The molecule has 0 aromatic heterocycles. The van der Waals surface area contributed by atoms with Crippen LogP contribution in [0.5, 0.6) is 0 Å². The summed E-state index contributed by atoms with van der Waals surface area (Å²) >= 11 is 0. The van der Waals surface area contributed by atoms with Crippen molar-refractivity contribution in [3.63, 3.8) is 0 Å². The summed E-state index contributed by atoms with van der Waals surface area (Å²) in [7, 11) is -2.05. The molecule has 2 N–H and O–H groups in total. The van der Waals surface area contributed by atoms with Gasteiger partial charge in [-0.2, -0.15) is 4.31 Å². The first kappa shape index (κ1) is 17.9. The van der Waals surface area contributed by atoms with Crippen molar-refractivity contribution in [2.45, 2.75) is 44.6 Å². The molecule has 120 valence electrons. The highest BCUT2D eigenvalue weighted by molar-refractivity contribution is 7.89. The van der Waals surface area contributed by atoms with Gasteiger partial charge >= 0.3 is 0 Å². The first-order chi connectivity index (χ1) is 9.88. The zero-order valence-electron chi connectivity index (χ0n) is 13.3. The van der Waals surface area contributed by atoms with E-state index >= 15 is 0 Å². The summed E-state index contributed by atoms with van der Waals surface area (Å²) in [6.45, 7) is 6.56. The van der Waals surface area contributed by atoms with Crippen LogP contribution in [0.25, 0.3) is 0 Å². The fourth-order valence-corrected chi connectivity index (χ4v) is 4.26. The lowest BCUT2D eigenvalue weighted by Gasteiger charge is -2.29. The highest BCUT2D eigenvalue weighted by Crippen LogP contribution is 2.26. The minimum Gasteiger partial charge on any atom is -0.398 e. The minimum absolute atomic E-state index is 0.0501. The van der Waals surface area contributed by atoms with Crippen LogP contribution in [0.15, 0.2) is 23.1 Å². The van der Waals surface area contributed by atoms with E-state index in [1.807, 2.05) is 20.8 Å². The standard InChI is InChI=1S/C15H26N2O3S/c1-5-13(6-2)17(9-10-20-4)21(18,19)15-8-7-12(3)11-14(15)16/h7-8,11,13H,5-6,9-10,16H2,1-4H3. The normalized spacial score (nSPS) is 12.3. The van der Waals surface area contributed by atoms with E-state index in [1.165, 1.54) is 4.31 Å². The van der Waals surface area contributed by atoms with Gasteiger partial charge in [0.25, 0.3) is 0 Å². The van der Waals surface area contributed by atoms with Crippen LogP contribution in [-0.2, 0) is 14.8 Å². The van der Waals surface area contributed by atoms with Crippen molar-refractivity contribution < 1.29 is 13.2 Å². The van der Waals surface area contributed by atoms with E-state index in [9.17, 15) is 8.42 Å². The van der Waals surface area contributed by atoms with Crippen LogP contribution >= 0.6 is 0 Å². The maximum Gasteiger partial charge on any atom is 0.245 e. The Morgan fingerprint density at radius 2 is 1.90 bits per heavy atom. The van der Waals surface area contributed by atoms with Gasteiger partial charge in [0.2, 0.25) is 10.0 Å². The highest BCUT2D eigenvalue weighted by atomic mass is 32.2. The van der Waals surface area contributed by atoms with Crippen molar-refractivity contribution in [3.8, 4) is 0 Å². The first-order valence-electron chi connectivity index (χ1n) is 7.25. The van der Waals surface area contributed by atoms with Crippen molar-refractivity contribution in [1.29, 1.82) is 0 Å². The zero-order valence-corrected chi connectivity index (χ0v) is 14.1. The molecule has 0 atom stereocenters. The van der Waals surface area contributed by atoms with Gasteiger partial charge in [-0.1, -0.05) is 19.9 Å². The molecule has 0 radical (unpaired) electrons. The first-order valence-corrected chi connectivity index (χ1v) is 8.69. The van der Waals surface area contributed by atoms with Gasteiger partial charge in [0, 0.05) is 19.7 Å². The van der Waals surface area contributed by atoms with E-state index in [1.54, 1.807) is 25.3 Å². The molecule has 1 aromatic rings. The van der Waals surface area contributed by atoms with Crippen LogP contribution in [-0.4, -0.2) is 39.0 Å². The SMILES string of the molecule is CCC(CC)N(CCOC)S(=O)(=O)c1ccc(C)cc1N. The molecule has 21 heavy (non-hydrogen) atoms. The molecule has 0 bridgehead atoms. The quantitative estimate of drug-likeness (QED) is 0.748. The number of methoxy groups -OCH3 is 1. The molecule has 0 fully saturated rings. The Kier molecular flexibility index (Phi) is 6.64. The Hall–Kier alpha value is -1.11. The fourth-order valence-electron chi connectivity index (χ4n) is 2.41. The Labute approximate surface area is 128 Å². The van der Waals surface area contributed by atoms with Crippen molar-refractivity contribution in [3.05, 3.63) is 23.8 Å². The Balaban J connectivity index is 3.25. The molecule has 0 aliphatic carbocycles. The van der Waals surface area contributed by atoms with Crippen LogP contribution in [0.4, 0.5) is 5.69 Å². The number of rotatable bonds is 8. The smallest absolute Gasteiger partial charge is 0.245 e. The maximum absolute atomic E-state index is 12.9. The van der Waals surface area contributed by atoms with Gasteiger partial charge in [0.15, 0.2) is 0 Å². The molecule has 0 aliphatic rings. The van der Waals surface area contributed by atoms with Crippen LogP contribution in [0.3, 0.4) is 0 Å². The number of sulfonamides is 1. The van der Waals surface area contributed by atoms with Crippen LogP contribution in [0.1, 0.15) is 32.3 Å². The summed E-state index contributed by atoms with van der Waals surface area (Å²) in [5.41, 5.74) is 7.16. The zero-order chi connectivity index (χ0) is 16.0. The van der Waals surface area contributed by atoms with Crippen LogP contribution in [0.2, 0.25) is 0 Å². The second kappa shape index (κ2) is 7.77. The summed E-state index contributed by atoms with van der Waals surface area (Å²) in [6.07, 6.45) is 1.51. The molecular formula is C15H26N2O3S. The van der Waals surface area contributed by atoms with Gasteiger partial charge in [-0.05, 0) is 37.5 Å². The number of nitrogens with zero attached hydrogens (tertiary/aromatic N) is 1. The summed E-state index contributed by atoms with van der Waals surface area (Å²) in [5.74, 6) is 0. The van der Waals surface area contributed by atoms with Gasteiger partial charge in [-0.25, -0.2) is 8.42 Å². The van der Waals surface area contributed by atoms with Crippen molar-refractivity contribution >= 4 is 15.7 Å². The third-order valence-corrected chi connectivity index (χ3v) is 5.64. The monoisotopic (exact) mass is 314 g/mol. The molecule has 1 aromatic carbocycles. The van der Waals surface area contributed by atoms with E-state index in [-0.39, 0.29) is 10.9 Å². The molecule has 5 nitrogen and oxygen atoms in total. The Morgan fingerprint density at radius 3 is 2.38 bits per heavy atom. The number of nitrogen functional groups attached to an aromatic ring is 1. The van der Waals surface area contributed by atoms with Gasteiger partial charge in [0.1, 0.15) is 4.90 Å². The molecule has 6 heteroatoms. The molecule has 0 aliphatic heterocycles. The van der Waals surface area contributed by atoms with Gasteiger partial charge in [-0.3, -0.25) is 0 Å². The maximum atomic E-state index is 12.9. The second-order valence-corrected chi connectivity index (χ2v) is 6.98. The van der Waals surface area contributed by atoms with Crippen molar-refractivity contribution in [2.75, 3.05) is 26.0 Å². The van der Waals surface area contributed by atoms with Gasteiger partial charge in [0.05, 0.1) is 12.3 Å². The van der Waals surface area contributed by atoms with Crippen LogP contribution in [0, 0.1) is 6.92 Å². The summed E-state index contributed by atoms with van der Waals surface area (Å²) < 4.78 is 32.4. The number of benzene rings is 1. The lowest BCUT2D eigenvalue weighted by molar-refractivity contribution is 0.163. The van der Waals surface area contributed by atoms with E-state index in [0.717, 1.165) is 18.4 Å². The summed E-state index contributed by atoms with van der Waals surface area (Å²) in [6, 6.07) is 4.99. The van der Waals surface area contributed by atoms with Gasteiger partial charge in [-0.15, -0.1) is 0 Å². The molecule has 1 rings (SSSR count). The van der Waals surface area contributed by atoms with E-state index in [2.05, 4.69) is 0 Å². The summed E-state index contributed by atoms with van der Waals surface area (Å²) in [5, 5.41) is 0. The van der Waals surface area contributed by atoms with E-state index < -0.39 is 10.0 Å².